The fraction of sp³-hybridized carbons (Fsp3) is 0.316. The molecule has 0 aliphatic carbocycles. The largest absolute Gasteiger partial charge is 0.394 e. The zero-order valence-corrected chi connectivity index (χ0v) is 15.7. The number of H-pyrrole nitrogens is 1. The lowest BCUT2D eigenvalue weighted by Gasteiger charge is -2.17. The fourth-order valence-corrected chi connectivity index (χ4v) is 3.48. The summed E-state index contributed by atoms with van der Waals surface area (Å²) < 4.78 is 6.28. The molecule has 4 rings (SSSR count). The summed E-state index contributed by atoms with van der Waals surface area (Å²) in [5.41, 5.74) is 6.71. The Balaban J connectivity index is 1.51. The van der Waals surface area contributed by atoms with Gasteiger partial charge in [0, 0.05) is 28.9 Å². The number of rotatable bonds is 5. The number of amides is 1. The van der Waals surface area contributed by atoms with Crippen LogP contribution in [0.15, 0.2) is 47.5 Å². The second kappa shape index (κ2) is 7.97. The van der Waals surface area contributed by atoms with E-state index >= 15 is 0 Å². The van der Waals surface area contributed by atoms with Crippen LogP contribution in [-0.4, -0.2) is 60.7 Å². The monoisotopic (exact) mass is 415 g/mol. The Hall–Kier alpha value is -3.09. The van der Waals surface area contributed by atoms with Crippen LogP contribution in [0.1, 0.15) is 17.8 Å². The van der Waals surface area contributed by atoms with E-state index in [9.17, 15) is 19.8 Å². The van der Waals surface area contributed by atoms with Crippen LogP contribution in [0, 0.1) is 0 Å². The van der Waals surface area contributed by atoms with E-state index in [2.05, 4.69) is 15.3 Å². The molecule has 2 aromatic heterocycles. The third-order valence-corrected chi connectivity index (χ3v) is 5.11. The summed E-state index contributed by atoms with van der Waals surface area (Å²) in [4.78, 5) is 31.7. The van der Waals surface area contributed by atoms with Crippen molar-refractivity contribution in [3.8, 4) is 0 Å². The van der Waals surface area contributed by atoms with Crippen molar-refractivity contribution in [2.45, 2.75) is 30.6 Å². The Bertz CT molecular complexity index is 1130. The van der Waals surface area contributed by atoms with Crippen LogP contribution >= 0.6 is 0 Å². The third kappa shape index (κ3) is 3.49. The Morgan fingerprint density at radius 2 is 2.07 bits per heavy atom. The van der Waals surface area contributed by atoms with Gasteiger partial charge in [-0.05, 0) is 12.1 Å². The molecule has 158 valence electrons. The number of fused-ring (bicyclic) bond motifs is 1. The van der Waals surface area contributed by atoms with Gasteiger partial charge in [0.05, 0.1) is 6.61 Å². The molecule has 1 fully saturated rings. The van der Waals surface area contributed by atoms with E-state index < -0.39 is 48.8 Å². The summed E-state index contributed by atoms with van der Waals surface area (Å²) in [5, 5.41) is 32.4. The van der Waals surface area contributed by atoms with Gasteiger partial charge >= 0.3 is 5.69 Å². The van der Waals surface area contributed by atoms with Crippen LogP contribution in [0.5, 0.6) is 0 Å². The minimum Gasteiger partial charge on any atom is -0.394 e. The SMILES string of the molecule is NC(C(=O)Nc1ccn(C2OC(CO)C(O)C2O)c(=O)n1)c1c[nH]c2ccccc12. The third-order valence-electron chi connectivity index (χ3n) is 5.11. The molecule has 3 aromatic rings. The lowest BCUT2D eigenvalue weighted by atomic mass is 10.1. The number of carbonyl (C=O) groups excluding carboxylic acids is 1. The summed E-state index contributed by atoms with van der Waals surface area (Å²) >= 11 is 0. The molecule has 1 aliphatic heterocycles. The number of hydrogen-bond donors (Lipinski definition) is 6. The molecule has 1 aliphatic rings. The van der Waals surface area contributed by atoms with E-state index in [0.717, 1.165) is 15.5 Å². The quantitative estimate of drug-likeness (QED) is 0.307. The molecule has 0 bridgehead atoms. The van der Waals surface area contributed by atoms with Crippen molar-refractivity contribution in [3.05, 3.63) is 58.8 Å². The van der Waals surface area contributed by atoms with Crippen LogP contribution in [0.2, 0.25) is 0 Å². The molecule has 11 nitrogen and oxygen atoms in total. The second-order valence-electron chi connectivity index (χ2n) is 6.99. The van der Waals surface area contributed by atoms with Gasteiger partial charge in [0.1, 0.15) is 30.2 Å². The van der Waals surface area contributed by atoms with E-state index in [1.807, 2.05) is 24.3 Å². The number of ether oxygens (including phenoxy) is 1. The normalized spacial score (nSPS) is 24.8. The number of hydrogen-bond acceptors (Lipinski definition) is 8. The summed E-state index contributed by atoms with van der Waals surface area (Å²) in [6.45, 7) is -0.517. The fourth-order valence-electron chi connectivity index (χ4n) is 3.48. The number of aliphatic hydroxyl groups is 3. The number of aromatic nitrogens is 3. The van der Waals surface area contributed by atoms with Crippen molar-refractivity contribution in [3.63, 3.8) is 0 Å². The van der Waals surface area contributed by atoms with Crippen LogP contribution in [-0.2, 0) is 9.53 Å². The lowest BCUT2D eigenvalue weighted by Crippen LogP contribution is -2.36. The lowest BCUT2D eigenvalue weighted by molar-refractivity contribution is -0.117. The molecule has 1 aromatic carbocycles. The van der Waals surface area contributed by atoms with Gasteiger partial charge in [-0.3, -0.25) is 9.36 Å². The minimum absolute atomic E-state index is 0.0247. The number of para-hydroxylation sites is 1. The van der Waals surface area contributed by atoms with Gasteiger partial charge in [-0.15, -0.1) is 0 Å². The standard InChI is InChI=1S/C19H21N5O6/c20-14(10-7-21-11-4-2-1-3-9(10)11)17(28)22-13-5-6-24(19(29)23-13)18-16(27)15(26)12(8-25)30-18/h1-7,12,14-16,18,21,25-27H,8,20H2,(H,22,23,28,29). The predicted octanol–water partition coefficient (Wildman–Crippen LogP) is -1.03. The number of aromatic amines is 1. The Morgan fingerprint density at radius 1 is 1.30 bits per heavy atom. The van der Waals surface area contributed by atoms with Crippen molar-refractivity contribution >= 4 is 22.6 Å². The zero-order chi connectivity index (χ0) is 21.4. The second-order valence-corrected chi connectivity index (χ2v) is 6.99. The molecular formula is C19H21N5O6. The minimum atomic E-state index is -1.42. The number of benzene rings is 1. The molecule has 1 amide bonds. The Kier molecular flexibility index (Phi) is 5.37. The summed E-state index contributed by atoms with van der Waals surface area (Å²) in [6, 6.07) is 7.75. The van der Waals surface area contributed by atoms with Gasteiger partial charge in [0.15, 0.2) is 6.23 Å². The van der Waals surface area contributed by atoms with Gasteiger partial charge < -0.3 is 36.1 Å². The van der Waals surface area contributed by atoms with Crippen molar-refractivity contribution in [2.24, 2.45) is 5.73 Å². The number of nitrogens with two attached hydrogens (primary N) is 1. The number of nitrogens with zero attached hydrogens (tertiary/aromatic N) is 2. The first-order chi connectivity index (χ1) is 14.4. The zero-order valence-electron chi connectivity index (χ0n) is 15.7. The molecule has 1 saturated heterocycles. The molecule has 30 heavy (non-hydrogen) atoms. The molecule has 7 N–H and O–H groups in total. The van der Waals surface area contributed by atoms with Gasteiger partial charge in [0.2, 0.25) is 5.91 Å². The number of anilines is 1. The van der Waals surface area contributed by atoms with Crippen LogP contribution in [0.4, 0.5) is 5.82 Å². The van der Waals surface area contributed by atoms with E-state index in [1.54, 1.807) is 6.20 Å². The van der Waals surface area contributed by atoms with Crippen LogP contribution < -0.4 is 16.7 Å². The van der Waals surface area contributed by atoms with Gasteiger partial charge in [-0.25, -0.2) is 4.79 Å². The van der Waals surface area contributed by atoms with E-state index in [1.165, 1.54) is 12.3 Å². The summed E-state index contributed by atoms with van der Waals surface area (Å²) in [6.07, 6.45) is -2.08. The van der Waals surface area contributed by atoms with E-state index in [0.29, 0.717) is 5.56 Å². The molecule has 11 heteroatoms. The highest BCUT2D eigenvalue weighted by molar-refractivity contribution is 5.98. The first-order valence-electron chi connectivity index (χ1n) is 9.25. The molecule has 0 radical (unpaired) electrons. The Morgan fingerprint density at radius 3 is 2.77 bits per heavy atom. The number of nitrogens with one attached hydrogen (secondary N) is 2. The van der Waals surface area contributed by atoms with Crippen molar-refractivity contribution in [1.82, 2.24) is 14.5 Å². The Labute approximate surface area is 169 Å². The molecule has 3 heterocycles. The van der Waals surface area contributed by atoms with Crippen molar-refractivity contribution < 1.29 is 24.9 Å². The van der Waals surface area contributed by atoms with E-state index in [-0.39, 0.29) is 5.82 Å². The highest BCUT2D eigenvalue weighted by atomic mass is 16.6. The average Bonchev–Trinajstić information content (AvgIpc) is 3.29. The number of carbonyl (C=O) groups is 1. The highest BCUT2D eigenvalue weighted by Gasteiger charge is 2.43. The first-order valence-corrected chi connectivity index (χ1v) is 9.25. The summed E-state index contributed by atoms with van der Waals surface area (Å²) in [7, 11) is 0. The average molecular weight is 415 g/mol. The molecule has 5 atom stereocenters. The first kappa shape index (κ1) is 20.2. The maximum atomic E-state index is 12.6. The molecule has 5 unspecified atom stereocenters. The molecular weight excluding hydrogens is 394 g/mol. The van der Waals surface area contributed by atoms with Crippen molar-refractivity contribution in [2.75, 3.05) is 11.9 Å². The topological polar surface area (TPSA) is 176 Å². The maximum absolute atomic E-state index is 12.6. The molecule has 0 spiro atoms. The van der Waals surface area contributed by atoms with E-state index in [4.69, 9.17) is 15.6 Å². The smallest absolute Gasteiger partial charge is 0.351 e. The predicted molar refractivity (Wildman–Crippen MR) is 105 cm³/mol. The van der Waals surface area contributed by atoms with Crippen LogP contribution in [0.25, 0.3) is 10.9 Å². The van der Waals surface area contributed by atoms with Gasteiger partial charge in [-0.1, -0.05) is 18.2 Å². The summed E-state index contributed by atoms with van der Waals surface area (Å²) in [5.74, 6) is -0.583. The number of aliphatic hydroxyl groups excluding tert-OH is 3. The highest BCUT2D eigenvalue weighted by Crippen LogP contribution is 2.28. The van der Waals surface area contributed by atoms with Gasteiger partial charge in [0.25, 0.3) is 0 Å². The van der Waals surface area contributed by atoms with Gasteiger partial charge in [-0.2, -0.15) is 4.98 Å². The maximum Gasteiger partial charge on any atom is 0.351 e. The van der Waals surface area contributed by atoms with Crippen LogP contribution in [0.3, 0.4) is 0 Å². The van der Waals surface area contributed by atoms with Crippen molar-refractivity contribution in [1.29, 1.82) is 0 Å². The molecule has 0 saturated carbocycles.